The Bertz CT molecular complexity index is 846. The zero-order valence-electron chi connectivity index (χ0n) is 15.3. The van der Waals surface area contributed by atoms with E-state index >= 15 is 0 Å². The zero-order chi connectivity index (χ0) is 18.8. The standard InChI is InChI=1S/C20H22ClN3O2/c1-12-9-16(21)6-7-17(12)19(25)15-5-4-8-24(11-15)20(26)18-10-13(2)22-14(3)23-18/h6-7,9-10,15H,4-5,8,11H2,1-3H3. The third kappa shape index (κ3) is 3.93. The van der Waals surface area contributed by atoms with E-state index in [4.69, 9.17) is 11.6 Å². The number of nitrogens with zero attached hydrogens (tertiary/aromatic N) is 3. The van der Waals surface area contributed by atoms with E-state index in [1.807, 2.05) is 13.8 Å². The number of aromatic nitrogens is 2. The van der Waals surface area contributed by atoms with Crippen molar-refractivity contribution in [1.82, 2.24) is 14.9 Å². The van der Waals surface area contributed by atoms with Gasteiger partial charge >= 0.3 is 0 Å². The minimum atomic E-state index is -0.198. The molecule has 2 heterocycles. The molecular formula is C20H22ClN3O2. The molecule has 2 aromatic rings. The smallest absolute Gasteiger partial charge is 0.272 e. The number of Topliss-reactive ketones (excluding diaryl/α,β-unsaturated/α-hetero) is 1. The number of hydrogen-bond donors (Lipinski definition) is 0. The predicted octanol–water partition coefficient (Wildman–Crippen LogP) is 3.79. The highest BCUT2D eigenvalue weighted by molar-refractivity contribution is 6.30. The van der Waals surface area contributed by atoms with Gasteiger partial charge in [-0.2, -0.15) is 0 Å². The molecule has 1 aliphatic rings. The molecule has 0 N–H and O–H groups in total. The van der Waals surface area contributed by atoms with Gasteiger partial charge in [0.25, 0.3) is 5.91 Å². The van der Waals surface area contributed by atoms with Crippen molar-refractivity contribution in [3.63, 3.8) is 0 Å². The van der Waals surface area contributed by atoms with Crippen LogP contribution in [0.5, 0.6) is 0 Å². The van der Waals surface area contributed by atoms with E-state index in [-0.39, 0.29) is 17.6 Å². The topological polar surface area (TPSA) is 63.2 Å². The lowest BCUT2D eigenvalue weighted by Crippen LogP contribution is -2.42. The lowest BCUT2D eigenvalue weighted by Gasteiger charge is -2.32. The molecule has 0 bridgehead atoms. The van der Waals surface area contributed by atoms with Gasteiger partial charge in [0, 0.05) is 35.3 Å². The number of benzene rings is 1. The molecule has 0 saturated carbocycles. The number of halogens is 1. The number of piperidine rings is 1. The third-order valence-electron chi connectivity index (χ3n) is 4.72. The van der Waals surface area contributed by atoms with E-state index in [9.17, 15) is 9.59 Å². The van der Waals surface area contributed by atoms with Crippen LogP contribution in [0, 0.1) is 26.7 Å². The SMILES string of the molecule is Cc1cc(C(=O)N2CCCC(C(=O)c3ccc(Cl)cc3C)C2)nc(C)n1. The van der Waals surface area contributed by atoms with Crippen molar-refractivity contribution in [3.8, 4) is 0 Å². The van der Waals surface area contributed by atoms with Gasteiger partial charge in [-0.25, -0.2) is 9.97 Å². The summed E-state index contributed by atoms with van der Waals surface area (Å²) in [5.41, 5.74) is 2.71. The first kappa shape index (κ1) is 18.5. The number of aryl methyl sites for hydroxylation is 3. The third-order valence-corrected chi connectivity index (χ3v) is 4.95. The number of likely N-dealkylation sites (tertiary alicyclic amines) is 1. The predicted molar refractivity (Wildman–Crippen MR) is 101 cm³/mol. The Balaban J connectivity index is 1.78. The maximum absolute atomic E-state index is 12.9. The minimum Gasteiger partial charge on any atom is -0.337 e. The Morgan fingerprint density at radius 1 is 1.15 bits per heavy atom. The van der Waals surface area contributed by atoms with Gasteiger partial charge in [-0.1, -0.05) is 11.6 Å². The van der Waals surface area contributed by atoms with E-state index in [1.54, 1.807) is 36.1 Å². The second-order valence-electron chi connectivity index (χ2n) is 6.86. The molecule has 1 aromatic heterocycles. The Hall–Kier alpha value is -2.27. The molecule has 1 unspecified atom stereocenters. The van der Waals surface area contributed by atoms with Gasteiger partial charge in [-0.3, -0.25) is 9.59 Å². The summed E-state index contributed by atoms with van der Waals surface area (Å²) in [5.74, 6) is 0.321. The largest absolute Gasteiger partial charge is 0.337 e. The average Bonchev–Trinajstić information content (AvgIpc) is 2.60. The molecular weight excluding hydrogens is 350 g/mol. The van der Waals surface area contributed by atoms with Gasteiger partial charge < -0.3 is 4.90 Å². The monoisotopic (exact) mass is 371 g/mol. The van der Waals surface area contributed by atoms with Crippen LogP contribution < -0.4 is 0 Å². The summed E-state index contributed by atoms with van der Waals surface area (Å²) < 4.78 is 0. The Morgan fingerprint density at radius 2 is 1.92 bits per heavy atom. The minimum absolute atomic E-state index is 0.0757. The molecule has 0 radical (unpaired) electrons. The van der Waals surface area contributed by atoms with Crippen LogP contribution in [0.2, 0.25) is 5.02 Å². The molecule has 1 aliphatic heterocycles. The van der Waals surface area contributed by atoms with Crippen LogP contribution in [0.15, 0.2) is 24.3 Å². The first-order valence-corrected chi connectivity index (χ1v) is 9.15. The van der Waals surface area contributed by atoms with Crippen LogP contribution in [-0.2, 0) is 0 Å². The van der Waals surface area contributed by atoms with Crippen molar-refractivity contribution in [2.75, 3.05) is 13.1 Å². The van der Waals surface area contributed by atoms with Crippen LogP contribution in [0.1, 0.15) is 50.8 Å². The van der Waals surface area contributed by atoms with E-state index in [0.29, 0.717) is 35.2 Å². The van der Waals surface area contributed by atoms with Crippen molar-refractivity contribution in [2.24, 2.45) is 5.92 Å². The van der Waals surface area contributed by atoms with Gasteiger partial charge in [0.05, 0.1) is 0 Å². The second-order valence-corrected chi connectivity index (χ2v) is 7.29. The summed E-state index contributed by atoms with van der Waals surface area (Å²) in [4.78, 5) is 36.0. The lowest BCUT2D eigenvalue weighted by molar-refractivity contribution is 0.0631. The van der Waals surface area contributed by atoms with Gasteiger partial charge in [-0.05, 0) is 63.4 Å². The molecule has 1 saturated heterocycles. The maximum atomic E-state index is 12.9. The van der Waals surface area contributed by atoms with E-state index in [2.05, 4.69) is 9.97 Å². The van der Waals surface area contributed by atoms with Crippen LogP contribution in [0.4, 0.5) is 0 Å². The summed E-state index contributed by atoms with van der Waals surface area (Å²) in [6, 6.07) is 7.01. The summed E-state index contributed by atoms with van der Waals surface area (Å²) in [7, 11) is 0. The van der Waals surface area contributed by atoms with Gasteiger partial charge in [-0.15, -0.1) is 0 Å². The fraction of sp³-hybridized carbons (Fsp3) is 0.400. The molecule has 136 valence electrons. The number of ketones is 1. The highest BCUT2D eigenvalue weighted by Crippen LogP contribution is 2.25. The van der Waals surface area contributed by atoms with Gasteiger partial charge in [0.1, 0.15) is 11.5 Å². The molecule has 3 rings (SSSR count). The van der Waals surface area contributed by atoms with Crippen LogP contribution in [-0.4, -0.2) is 39.6 Å². The first-order chi connectivity index (χ1) is 12.3. The molecule has 1 amide bonds. The maximum Gasteiger partial charge on any atom is 0.272 e. The quantitative estimate of drug-likeness (QED) is 0.770. The summed E-state index contributed by atoms with van der Waals surface area (Å²) in [5, 5.41) is 0.619. The lowest BCUT2D eigenvalue weighted by atomic mass is 9.88. The Morgan fingerprint density at radius 3 is 2.62 bits per heavy atom. The number of carbonyl (C=O) groups is 2. The van der Waals surface area contributed by atoms with Crippen LogP contribution in [0.25, 0.3) is 0 Å². The number of carbonyl (C=O) groups excluding carboxylic acids is 2. The van der Waals surface area contributed by atoms with Gasteiger partial charge in [0.15, 0.2) is 5.78 Å². The van der Waals surface area contributed by atoms with Crippen molar-refractivity contribution in [1.29, 1.82) is 0 Å². The molecule has 1 aromatic carbocycles. The van der Waals surface area contributed by atoms with Crippen molar-refractivity contribution in [3.05, 3.63) is 57.6 Å². The van der Waals surface area contributed by atoms with Crippen molar-refractivity contribution < 1.29 is 9.59 Å². The van der Waals surface area contributed by atoms with E-state index in [1.165, 1.54) is 0 Å². The molecule has 1 atom stereocenters. The molecule has 0 aliphatic carbocycles. The van der Waals surface area contributed by atoms with E-state index < -0.39 is 0 Å². The Kier molecular flexibility index (Phi) is 5.37. The first-order valence-electron chi connectivity index (χ1n) is 8.77. The summed E-state index contributed by atoms with van der Waals surface area (Å²) in [6.07, 6.45) is 1.59. The second kappa shape index (κ2) is 7.54. The highest BCUT2D eigenvalue weighted by atomic mass is 35.5. The van der Waals surface area contributed by atoms with Crippen LogP contribution in [0.3, 0.4) is 0 Å². The van der Waals surface area contributed by atoms with Crippen LogP contribution >= 0.6 is 11.6 Å². The fourth-order valence-corrected chi connectivity index (χ4v) is 3.71. The fourth-order valence-electron chi connectivity index (χ4n) is 3.49. The van der Waals surface area contributed by atoms with Crippen molar-refractivity contribution in [2.45, 2.75) is 33.6 Å². The van der Waals surface area contributed by atoms with E-state index in [0.717, 1.165) is 24.1 Å². The zero-order valence-corrected chi connectivity index (χ0v) is 16.0. The molecule has 6 heteroatoms. The molecule has 1 fully saturated rings. The number of hydrogen-bond acceptors (Lipinski definition) is 4. The summed E-state index contributed by atoms with van der Waals surface area (Å²) in [6.45, 7) is 6.57. The Labute approximate surface area is 158 Å². The van der Waals surface area contributed by atoms with Crippen molar-refractivity contribution >= 4 is 23.3 Å². The van der Waals surface area contributed by atoms with Gasteiger partial charge in [0.2, 0.25) is 0 Å². The average molecular weight is 372 g/mol. The number of rotatable bonds is 3. The molecule has 5 nitrogen and oxygen atoms in total. The highest BCUT2D eigenvalue weighted by Gasteiger charge is 2.30. The molecule has 0 spiro atoms. The normalized spacial score (nSPS) is 17.2. The number of amides is 1. The molecule has 26 heavy (non-hydrogen) atoms. The summed E-state index contributed by atoms with van der Waals surface area (Å²) >= 11 is 5.99.